The van der Waals surface area contributed by atoms with Crippen LogP contribution in [0.1, 0.15) is 42.4 Å². The second kappa shape index (κ2) is 8.99. The summed E-state index contributed by atoms with van der Waals surface area (Å²) in [7, 11) is 0.134. The third kappa shape index (κ3) is 4.53. The highest BCUT2D eigenvalue weighted by Gasteiger charge is 2.29. The number of halogens is 1. The molecule has 1 amide bonds. The van der Waals surface area contributed by atoms with Crippen LogP contribution in [0.3, 0.4) is 0 Å². The summed E-state index contributed by atoms with van der Waals surface area (Å²) in [5.74, 6) is -1.12. The fraction of sp³-hybridized carbons (Fsp3) is 0.238. The number of rotatable bonds is 3. The average Bonchev–Trinajstić information content (AvgIpc) is 3.00. The molecule has 1 aliphatic heterocycles. The Balaban J connectivity index is 0.00000145. The molecule has 0 radical (unpaired) electrons. The van der Waals surface area contributed by atoms with E-state index in [0.717, 1.165) is 6.07 Å². The molecule has 2 N–H and O–H groups in total. The molecule has 8 heteroatoms. The number of aryl methyl sites for hydroxylation is 1. The van der Waals surface area contributed by atoms with Gasteiger partial charge in [0.15, 0.2) is 0 Å². The number of nitrogens with one attached hydrogen (secondary N) is 2. The molecule has 0 saturated heterocycles. The second-order valence-corrected chi connectivity index (χ2v) is 7.50. The van der Waals surface area contributed by atoms with E-state index < -0.39 is 28.2 Å². The van der Waals surface area contributed by atoms with E-state index in [1.807, 2.05) is 20.8 Å². The van der Waals surface area contributed by atoms with E-state index >= 15 is 0 Å². The van der Waals surface area contributed by atoms with Crippen molar-refractivity contribution in [1.82, 2.24) is 9.29 Å². The first-order valence-corrected chi connectivity index (χ1v) is 10.2. The molecule has 2 unspecified atom stereocenters. The third-order valence-electron chi connectivity index (χ3n) is 4.28. The zero-order chi connectivity index (χ0) is 21.8. The van der Waals surface area contributed by atoms with Crippen LogP contribution in [0, 0.1) is 17.1 Å². The third-order valence-corrected chi connectivity index (χ3v) is 5.63. The van der Waals surface area contributed by atoms with Crippen molar-refractivity contribution in [2.45, 2.75) is 31.2 Å². The van der Waals surface area contributed by atoms with Crippen LogP contribution in [0.5, 0.6) is 0 Å². The van der Waals surface area contributed by atoms with Gasteiger partial charge in [-0.1, -0.05) is 32.1 Å². The van der Waals surface area contributed by atoms with Crippen molar-refractivity contribution in [2.24, 2.45) is 7.05 Å². The Kier molecular flexibility index (Phi) is 6.90. The van der Waals surface area contributed by atoms with Crippen LogP contribution in [0.4, 0.5) is 10.1 Å². The molecule has 0 saturated carbocycles. The summed E-state index contributed by atoms with van der Waals surface area (Å²) in [4.78, 5) is 13.3. The summed E-state index contributed by atoms with van der Waals surface area (Å²) < 4.78 is 30.6. The van der Waals surface area contributed by atoms with Crippen LogP contribution < -0.4 is 10.0 Å². The van der Waals surface area contributed by atoms with Gasteiger partial charge in [-0.15, -0.1) is 6.58 Å². The minimum atomic E-state index is -1.54. The Bertz CT molecular complexity index is 1050. The molecule has 0 bridgehead atoms. The number of benzene rings is 1. The molecule has 152 valence electrons. The minimum Gasteiger partial charge on any atom is -0.345 e. The van der Waals surface area contributed by atoms with Gasteiger partial charge in [-0.05, 0) is 25.1 Å². The van der Waals surface area contributed by atoms with Crippen LogP contribution >= 0.6 is 0 Å². The molecule has 2 aromatic rings. The number of nitriles is 1. The van der Waals surface area contributed by atoms with E-state index in [4.69, 9.17) is 5.26 Å². The highest BCUT2D eigenvalue weighted by atomic mass is 32.2. The SMILES string of the molecule is C=CC1(C)C=Cc2c(cn(C)c2C(=O)Nc2ccc(F)c(C#N)c2)S(=O)N1.CC. The van der Waals surface area contributed by atoms with Gasteiger partial charge in [0, 0.05) is 24.5 Å². The maximum absolute atomic E-state index is 13.5. The van der Waals surface area contributed by atoms with Crippen molar-refractivity contribution in [3.05, 3.63) is 65.8 Å². The van der Waals surface area contributed by atoms with Gasteiger partial charge in [-0.2, -0.15) is 5.26 Å². The van der Waals surface area contributed by atoms with Gasteiger partial charge in [0.2, 0.25) is 0 Å². The normalized spacial score (nSPS) is 19.8. The number of anilines is 1. The molecule has 0 aliphatic carbocycles. The smallest absolute Gasteiger partial charge is 0.272 e. The number of carbonyl (C=O) groups excluding carboxylic acids is 1. The number of hydrogen-bond donors (Lipinski definition) is 2. The second-order valence-electron chi connectivity index (χ2n) is 6.32. The Labute approximate surface area is 172 Å². The van der Waals surface area contributed by atoms with Crippen molar-refractivity contribution < 1.29 is 13.4 Å². The van der Waals surface area contributed by atoms with Crippen molar-refractivity contribution in [3.63, 3.8) is 0 Å². The zero-order valence-electron chi connectivity index (χ0n) is 16.7. The molecule has 1 aromatic heterocycles. The maximum atomic E-state index is 13.5. The quantitative estimate of drug-likeness (QED) is 0.747. The van der Waals surface area contributed by atoms with Gasteiger partial charge in [0.1, 0.15) is 28.6 Å². The maximum Gasteiger partial charge on any atom is 0.272 e. The molecule has 6 nitrogen and oxygen atoms in total. The fourth-order valence-electron chi connectivity index (χ4n) is 2.74. The van der Waals surface area contributed by atoms with E-state index in [2.05, 4.69) is 16.6 Å². The Hall–Kier alpha value is -3.02. The summed E-state index contributed by atoms with van der Waals surface area (Å²) in [6.07, 6.45) is 6.77. The number of aromatic nitrogens is 1. The molecule has 29 heavy (non-hydrogen) atoms. The summed E-state index contributed by atoms with van der Waals surface area (Å²) in [6.45, 7) is 9.57. The van der Waals surface area contributed by atoms with Crippen molar-refractivity contribution >= 4 is 28.7 Å². The first-order chi connectivity index (χ1) is 13.8. The lowest BCUT2D eigenvalue weighted by Crippen LogP contribution is -2.38. The summed E-state index contributed by atoms with van der Waals surface area (Å²) >= 11 is 0. The Morgan fingerprint density at radius 2 is 2.14 bits per heavy atom. The van der Waals surface area contributed by atoms with Crippen molar-refractivity contribution in [2.75, 3.05) is 5.32 Å². The van der Waals surface area contributed by atoms with Gasteiger partial charge in [0.05, 0.1) is 16.0 Å². The number of fused-ring (bicyclic) bond motifs is 1. The zero-order valence-corrected chi connectivity index (χ0v) is 17.6. The lowest BCUT2D eigenvalue weighted by Gasteiger charge is -2.20. The van der Waals surface area contributed by atoms with Crippen LogP contribution in [0.25, 0.3) is 6.08 Å². The first kappa shape index (κ1) is 22.3. The van der Waals surface area contributed by atoms with Crippen molar-refractivity contribution in [3.8, 4) is 6.07 Å². The lowest BCUT2D eigenvalue weighted by atomic mass is 10.0. The van der Waals surface area contributed by atoms with Gasteiger partial charge in [0.25, 0.3) is 5.91 Å². The predicted molar refractivity (Wildman–Crippen MR) is 113 cm³/mol. The predicted octanol–water partition coefficient (Wildman–Crippen LogP) is 3.90. The standard InChI is InChI=1S/C19H17FN4O2S.C2H6/c1-4-19(2)8-7-14-16(27(26)23-19)11-24(3)17(14)18(25)22-13-5-6-15(20)12(9-13)10-21;1-2/h4-9,11,23H,1H2,2-3H3,(H,22,25);1-2H3. The van der Waals surface area contributed by atoms with Crippen molar-refractivity contribution in [1.29, 1.82) is 5.26 Å². The molecule has 0 fully saturated rings. The molecular weight excluding hydrogens is 391 g/mol. The Morgan fingerprint density at radius 1 is 1.45 bits per heavy atom. The first-order valence-electron chi connectivity index (χ1n) is 9.00. The highest BCUT2D eigenvalue weighted by molar-refractivity contribution is 7.83. The molecule has 3 rings (SSSR count). The minimum absolute atomic E-state index is 0.162. The monoisotopic (exact) mass is 414 g/mol. The van der Waals surface area contributed by atoms with Crippen LogP contribution in [-0.2, 0) is 18.0 Å². The van der Waals surface area contributed by atoms with Gasteiger partial charge >= 0.3 is 0 Å². The molecular formula is C21H23FN4O2S. The molecule has 1 aromatic carbocycles. The van der Waals surface area contributed by atoms with Crippen LogP contribution in [-0.4, -0.2) is 20.2 Å². The molecule has 0 spiro atoms. The number of nitrogens with zero attached hydrogens (tertiary/aromatic N) is 2. The van der Waals surface area contributed by atoms with Crippen LogP contribution in [0.15, 0.2) is 48.0 Å². The van der Waals surface area contributed by atoms with Crippen LogP contribution in [0.2, 0.25) is 0 Å². The molecule has 1 aliphatic rings. The molecule has 2 atom stereocenters. The van der Waals surface area contributed by atoms with E-state index in [0.29, 0.717) is 21.8 Å². The summed E-state index contributed by atoms with van der Waals surface area (Å²) in [5, 5.41) is 11.6. The van der Waals surface area contributed by atoms with E-state index in [1.54, 1.807) is 42.1 Å². The largest absolute Gasteiger partial charge is 0.345 e. The van der Waals surface area contributed by atoms with Gasteiger partial charge in [-0.3, -0.25) is 4.79 Å². The van der Waals surface area contributed by atoms with Gasteiger partial charge < -0.3 is 9.88 Å². The number of amides is 1. The van der Waals surface area contributed by atoms with Gasteiger partial charge in [-0.25, -0.2) is 13.3 Å². The Morgan fingerprint density at radius 3 is 2.76 bits per heavy atom. The highest BCUT2D eigenvalue weighted by Crippen LogP contribution is 2.28. The molecule has 2 heterocycles. The summed E-state index contributed by atoms with van der Waals surface area (Å²) in [5.41, 5.74) is 0.273. The lowest BCUT2D eigenvalue weighted by molar-refractivity contribution is 0.101. The van der Waals surface area contributed by atoms with E-state index in [9.17, 15) is 13.4 Å². The fourth-order valence-corrected chi connectivity index (χ4v) is 4.02. The average molecular weight is 415 g/mol. The number of hydrogen-bond acceptors (Lipinski definition) is 3. The summed E-state index contributed by atoms with van der Waals surface area (Å²) in [6, 6.07) is 5.49. The number of carbonyl (C=O) groups is 1. The van der Waals surface area contributed by atoms with E-state index in [-0.39, 0.29) is 5.56 Å². The topological polar surface area (TPSA) is 86.9 Å². The van der Waals surface area contributed by atoms with E-state index in [1.165, 1.54) is 12.1 Å².